The third kappa shape index (κ3) is 4.39. The number of carbonyl (C=O) groups is 1. The fraction of sp³-hybridized carbons (Fsp3) is 0.480. The zero-order valence-electron chi connectivity index (χ0n) is 20.7. The highest BCUT2D eigenvalue weighted by Crippen LogP contribution is 2.43. The standard InChI is InChI=1S/C25H35N6O2S/c1-17-14-25(2,3)31(5,16-17)23-19(11-12-20(28-23)18-8-7-13-27-15-18)24(32)30(4)34(33)22-10-6-9-21(26)29-22/h6,8-12,17,27H,7,13-16H2,1-5H3,(H2,26,29)/q+1/t17-,31?,34?/m0/s1. The van der Waals surface area contributed by atoms with E-state index in [0.29, 0.717) is 16.0 Å². The topological polar surface area (TPSA) is 101 Å². The lowest BCUT2D eigenvalue weighted by atomic mass is 9.96. The summed E-state index contributed by atoms with van der Waals surface area (Å²) >= 11 is 0. The summed E-state index contributed by atoms with van der Waals surface area (Å²) in [5.74, 6) is 1.14. The fourth-order valence-corrected chi connectivity index (χ4v) is 6.19. The van der Waals surface area contributed by atoms with Gasteiger partial charge in [0.1, 0.15) is 11.4 Å². The number of nitrogens with zero attached hydrogens (tertiary/aromatic N) is 4. The minimum Gasteiger partial charge on any atom is -0.384 e. The van der Waals surface area contributed by atoms with Gasteiger partial charge in [-0.2, -0.15) is 4.98 Å². The first-order valence-electron chi connectivity index (χ1n) is 11.7. The molecule has 0 bridgehead atoms. The Balaban J connectivity index is 1.79. The molecule has 0 saturated carbocycles. The van der Waals surface area contributed by atoms with Crippen molar-refractivity contribution in [3.63, 3.8) is 0 Å². The molecule has 0 aliphatic carbocycles. The van der Waals surface area contributed by atoms with Gasteiger partial charge in [-0.15, -0.1) is 0 Å². The minimum atomic E-state index is -1.79. The number of carbonyl (C=O) groups excluding carboxylic acids is 1. The van der Waals surface area contributed by atoms with Crippen LogP contribution in [0.5, 0.6) is 0 Å². The second-order valence-corrected chi connectivity index (χ2v) is 11.7. The van der Waals surface area contributed by atoms with Crippen molar-refractivity contribution in [2.45, 2.75) is 44.2 Å². The molecule has 8 nitrogen and oxygen atoms in total. The molecule has 2 unspecified atom stereocenters. The Kier molecular flexibility index (Phi) is 6.63. The Bertz CT molecular complexity index is 1160. The Hall–Kier alpha value is -2.62. The largest absolute Gasteiger partial charge is 0.384 e. The molecule has 1 saturated heterocycles. The molecule has 2 aromatic heterocycles. The summed E-state index contributed by atoms with van der Waals surface area (Å²) in [4.78, 5) is 23.0. The van der Waals surface area contributed by atoms with Crippen LogP contribution in [0.1, 0.15) is 49.7 Å². The maximum atomic E-state index is 13.7. The van der Waals surface area contributed by atoms with Gasteiger partial charge in [0.2, 0.25) is 5.82 Å². The van der Waals surface area contributed by atoms with Gasteiger partial charge in [-0.25, -0.2) is 9.19 Å². The quantitative estimate of drug-likeness (QED) is 0.634. The number of nitrogens with two attached hydrogens (primary N) is 1. The van der Waals surface area contributed by atoms with E-state index in [1.54, 1.807) is 18.2 Å². The van der Waals surface area contributed by atoms with Gasteiger partial charge < -0.3 is 11.1 Å². The SMILES string of the molecule is C[C@H]1CC(C)(C)[N+](C)(c2nc(C3=CCCNC3)ccc2C(=O)N(C)S(=O)c2cccc(N)n2)C1. The van der Waals surface area contributed by atoms with Gasteiger partial charge in [-0.05, 0) is 56.7 Å². The minimum absolute atomic E-state index is 0.105. The van der Waals surface area contributed by atoms with Gasteiger partial charge >= 0.3 is 0 Å². The average molecular weight is 484 g/mol. The van der Waals surface area contributed by atoms with Gasteiger partial charge in [-0.1, -0.05) is 19.1 Å². The molecule has 1 amide bonds. The summed E-state index contributed by atoms with van der Waals surface area (Å²) < 4.78 is 14.9. The highest BCUT2D eigenvalue weighted by molar-refractivity contribution is 7.83. The maximum Gasteiger partial charge on any atom is 0.273 e. The smallest absolute Gasteiger partial charge is 0.273 e. The molecule has 9 heteroatoms. The van der Waals surface area contributed by atoms with Gasteiger partial charge in [0.25, 0.3) is 5.91 Å². The van der Waals surface area contributed by atoms with Crippen LogP contribution in [0.4, 0.5) is 11.6 Å². The van der Waals surface area contributed by atoms with Crippen molar-refractivity contribution in [2.75, 3.05) is 39.5 Å². The van der Waals surface area contributed by atoms with Crippen LogP contribution in [0.15, 0.2) is 41.4 Å². The Morgan fingerprint density at radius 3 is 2.65 bits per heavy atom. The van der Waals surface area contributed by atoms with Crippen LogP contribution in [0.25, 0.3) is 5.57 Å². The second kappa shape index (κ2) is 9.20. The number of hydrogen-bond donors (Lipinski definition) is 2. The number of nitrogens with one attached hydrogen (secondary N) is 1. The summed E-state index contributed by atoms with van der Waals surface area (Å²) in [5, 5.41) is 3.65. The van der Waals surface area contributed by atoms with Crippen LogP contribution >= 0.6 is 0 Å². The van der Waals surface area contributed by atoms with Crippen molar-refractivity contribution in [2.24, 2.45) is 5.92 Å². The third-order valence-electron chi connectivity index (χ3n) is 7.25. The van der Waals surface area contributed by atoms with E-state index in [4.69, 9.17) is 10.7 Å². The van der Waals surface area contributed by atoms with E-state index >= 15 is 0 Å². The molecule has 3 N–H and O–H groups in total. The third-order valence-corrected chi connectivity index (χ3v) is 8.50. The van der Waals surface area contributed by atoms with Gasteiger partial charge in [0, 0.05) is 25.9 Å². The van der Waals surface area contributed by atoms with Crippen molar-refractivity contribution < 1.29 is 9.00 Å². The number of rotatable bonds is 5. The number of hydrogen-bond acceptors (Lipinski definition) is 6. The van der Waals surface area contributed by atoms with E-state index < -0.39 is 11.0 Å². The fourth-order valence-electron chi connectivity index (χ4n) is 5.28. The Labute approximate surface area is 204 Å². The van der Waals surface area contributed by atoms with Crippen molar-refractivity contribution in [1.29, 1.82) is 0 Å². The lowest BCUT2D eigenvalue weighted by Gasteiger charge is -2.41. The van der Waals surface area contributed by atoms with E-state index in [2.05, 4.69) is 44.2 Å². The van der Waals surface area contributed by atoms with Crippen molar-refractivity contribution in [3.8, 4) is 0 Å². The lowest BCUT2D eigenvalue weighted by molar-refractivity contribution is 0.0882. The molecule has 4 heterocycles. The number of quaternary nitrogens is 1. The van der Waals surface area contributed by atoms with E-state index in [1.165, 1.54) is 11.4 Å². The molecule has 0 aromatic carbocycles. The first-order valence-corrected chi connectivity index (χ1v) is 12.8. The second-order valence-electron chi connectivity index (χ2n) is 10.2. The van der Waals surface area contributed by atoms with Crippen molar-refractivity contribution in [1.82, 2.24) is 24.1 Å². The summed E-state index contributed by atoms with van der Waals surface area (Å²) in [5.41, 5.74) is 8.16. The van der Waals surface area contributed by atoms with E-state index in [9.17, 15) is 9.00 Å². The monoisotopic (exact) mass is 483 g/mol. The molecule has 2 aliphatic rings. The molecule has 3 atom stereocenters. The van der Waals surface area contributed by atoms with Gasteiger partial charge in [-0.3, -0.25) is 13.6 Å². The zero-order valence-corrected chi connectivity index (χ0v) is 21.5. The van der Waals surface area contributed by atoms with E-state index in [0.717, 1.165) is 49.6 Å². The molecule has 0 radical (unpaired) electrons. The predicted octanol–water partition coefficient (Wildman–Crippen LogP) is 2.99. The van der Waals surface area contributed by atoms with Crippen LogP contribution in [-0.4, -0.2) is 63.7 Å². The highest BCUT2D eigenvalue weighted by Gasteiger charge is 2.52. The summed E-state index contributed by atoms with van der Waals surface area (Å²) in [6, 6.07) is 8.67. The van der Waals surface area contributed by atoms with Crippen LogP contribution < -0.4 is 15.5 Å². The van der Waals surface area contributed by atoms with Crippen LogP contribution in [-0.2, 0) is 11.0 Å². The predicted molar refractivity (Wildman–Crippen MR) is 137 cm³/mol. The van der Waals surface area contributed by atoms with Crippen LogP contribution in [0.2, 0.25) is 0 Å². The molecule has 2 aromatic rings. The Morgan fingerprint density at radius 1 is 1.26 bits per heavy atom. The highest BCUT2D eigenvalue weighted by atomic mass is 32.2. The van der Waals surface area contributed by atoms with Crippen molar-refractivity contribution >= 4 is 34.1 Å². The number of likely N-dealkylation sites (tertiary alicyclic amines) is 1. The number of amides is 1. The molecular formula is C25H35N6O2S+. The Morgan fingerprint density at radius 2 is 2.03 bits per heavy atom. The van der Waals surface area contributed by atoms with E-state index in [1.807, 2.05) is 12.1 Å². The molecular weight excluding hydrogens is 448 g/mol. The molecule has 2 aliphatic heterocycles. The van der Waals surface area contributed by atoms with Crippen LogP contribution in [0, 0.1) is 5.92 Å². The van der Waals surface area contributed by atoms with Crippen molar-refractivity contribution in [3.05, 3.63) is 47.7 Å². The van der Waals surface area contributed by atoms with Gasteiger partial charge in [0.05, 0.1) is 24.8 Å². The molecule has 4 rings (SSSR count). The molecule has 182 valence electrons. The lowest BCUT2D eigenvalue weighted by Crippen LogP contribution is -2.57. The number of nitrogen functional groups attached to an aromatic ring is 1. The summed E-state index contributed by atoms with van der Waals surface area (Å²) in [6.45, 7) is 9.31. The van der Waals surface area contributed by atoms with Gasteiger partial charge in [0.15, 0.2) is 16.0 Å². The number of anilines is 1. The first-order chi connectivity index (χ1) is 16.0. The average Bonchev–Trinajstić information content (AvgIpc) is 3.04. The number of pyridine rings is 2. The molecule has 0 spiro atoms. The van der Waals surface area contributed by atoms with E-state index in [-0.39, 0.29) is 22.3 Å². The van der Waals surface area contributed by atoms with Crippen LogP contribution in [0.3, 0.4) is 0 Å². The molecule has 1 fully saturated rings. The summed E-state index contributed by atoms with van der Waals surface area (Å²) in [6.07, 6.45) is 4.20. The zero-order chi connectivity index (χ0) is 24.7. The normalized spacial score (nSPS) is 25.0. The number of aromatic nitrogens is 2. The summed E-state index contributed by atoms with van der Waals surface area (Å²) in [7, 11) is 1.91. The first kappa shape index (κ1) is 24.5. The maximum absolute atomic E-state index is 13.7. The molecule has 34 heavy (non-hydrogen) atoms.